The molecule has 0 N–H and O–H groups in total. The molecule has 156 valence electrons. The summed E-state index contributed by atoms with van der Waals surface area (Å²) in [6.45, 7) is 20.6. The second-order valence-corrected chi connectivity index (χ2v) is 7.07. The van der Waals surface area contributed by atoms with Gasteiger partial charge in [-0.25, -0.2) is 0 Å². The van der Waals surface area contributed by atoms with Gasteiger partial charge in [0.05, 0.1) is 0 Å². The van der Waals surface area contributed by atoms with E-state index in [9.17, 15) is 0 Å². The first-order valence-electron chi connectivity index (χ1n) is 10.2. The van der Waals surface area contributed by atoms with Crippen LogP contribution >= 0.6 is 0 Å². The third kappa shape index (κ3) is 8.52. The Balaban J connectivity index is 0.00000253. The number of hydrogen-bond donors (Lipinski definition) is 0. The standard InChI is InChI=1S/C26H30.C2H6.CH4/c1-7-8-19(2)17-23(6)26-15-13-25(14-16-26)21(4)10-12-24-11-9-20(3)22(5)18-24;1-2;/h7-9,11,13-18H,1,4,10,12H2,2-3,5-6H3;1-2H3;1H4/b19-8-,23-17+;;. The molecule has 0 unspecified atom stereocenters. The Morgan fingerprint density at radius 1 is 0.897 bits per heavy atom. The van der Waals surface area contributed by atoms with Crippen LogP contribution in [0.4, 0.5) is 0 Å². The highest BCUT2D eigenvalue weighted by atomic mass is 14.1. The molecule has 0 aliphatic carbocycles. The van der Waals surface area contributed by atoms with Crippen molar-refractivity contribution in [2.75, 3.05) is 0 Å². The molecule has 0 heteroatoms. The monoisotopic (exact) mass is 388 g/mol. The number of hydrogen-bond acceptors (Lipinski definition) is 0. The van der Waals surface area contributed by atoms with Crippen LogP contribution < -0.4 is 0 Å². The molecule has 0 bridgehead atoms. The molecule has 0 heterocycles. The zero-order valence-corrected chi connectivity index (χ0v) is 18.6. The molecule has 2 aromatic rings. The molecule has 0 aromatic heterocycles. The van der Waals surface area contributed by atoms with Crippen LogP contribution in [0.2, 0.25) is 0 Å². The third-order valence-corrected chi connectivity index (χ3v) is 4.86. The molecule has 0 radical (unpaired) electrons. The van der Waals surface area contributed by atoms with E-state index >= 15 is 0 Å². The van der Waals surface area contributed by atoms with Gasteiger partial charge in [0, 0.05) is 0 Å². The Bertz CT molecular complexity index is 842. The van der Waals surface area contributed by atoms with Gasteiger partial charge in [-0.05, 0) is 79.5 Å². The Kier molecular flexibility index (Phi) is 12.3. The first-order chi connectivity index (χ1) is 13.4. The maximum atomic E-state index is 4.29. The number of allylic oxidation sites excluding steroid dienone is 6. The van der Waals surface area contributed by atoms with Crippen LogP contribution in [0.15, 0.2) is 79.4 Å². The van der Waals surface area contributed by atoms with Gasteiger partial charge in [-0.15, -0.1) is 0 Å². The third-order valence-electron chi connectivity index (χ3n) is 4.86. The van der Waals surface area contributed by atoms with Crippen LogP contribution in [0.5, 0.6) is 0 Å². The van der Waals surface area contributed by atoms with Gasteiger partial charge in [0.1, 0.15) is 0 Å². The Labute approximate surface area is 180 Å². The summed E-state index contributed by atoms with van der Waals surface area (Å²) in [5.74, 6) is 0. The average molecular weight is 389 g/mol. The largest absolute Gasteiger partial charge is 0.0991 e. The highest BCUT2D eigenvalue weighted by Gasteiger charge is 2.03. The van der Waals surface area contributed by atoms with E-state index < -0.39 is 0 Å². The zero-order chi connectivity index (χ0) is 21.1. The molecular weight excluding hydrogens is 348 g/mol. The van der Waals surface area contributed by atoms with Crippen LogP contribution in [-0.2, 0) is 6.42 Å². The molecule has 2 aromatic carbocycles. The molecule has 0 aliphatic rings. The van der Waals surface area contributed by atoms with Gasteiger partial charge in [0.15, 0.2) is 0 Å². The number of aryl methyl sites for hydroxylation is 3. The van der Waals surface area contributed by atoms with E-state index in [1.807, 2.05) is 26.0 Å². The molecule has 0 nitrogen and oxygen atoms in total. The summed E-state index contributed by atoms with van der Waals surface area (Å²) in [6.07, 6.45) is 8.05. The molecular formula is C29H40. The first-order valence-corrected chi connectivity index (χ1v) is 10.2. The van der Waals surface area contributed by atoms with Gasteiger partial charge >= 0.3 is 0 Å². The van der Waals surface area contributed by atoms with Gasteiger partial charge < -0.3 is 0 Å². The molecule has 0 amide bonds. The molecule has 0 spiro atoms. The highest BCUT2D eigenvalue weighted by Crippen LogP contribution is 2.23. The van der Waals surface area contributed by atoms with Crippen LogP contribution in [0, 0.1) is 13.8 Å². The fourth-order valence-corrected chi connectivity index (χ4v) is 3.03. The van der Waals surface area contributed by atoms with Crippen molar-refractivity contribution < 1.29 is 0 Å². The summed E-state index contributed by atoms with van der Waals surface area (Å²) in [4.78, 5) is 0. The maximum absolute atomic E-state index is 4.29. The fraction of sp³-hybridized carbons (Fsp3) is 0.310. The predicted octanol–water partition coefficient (Wildman–Crippen LogP) is 9.15. The van der Waals surface area contributed by atoms with E-state index in [1.165, 1.54) is 44.5 Å². The Morgan fingerprint density at radius 2 is 1.48 bits per heavy atom. The minimum absolute atomic E-state index is 0. The van der Waals surface area contributed by atoms with E-state index in [2.05, 4.69) is 89.4 Å². The topological polar surface area (TPSA) is 0 Å². The lowest BCUT2D eigenvalue weighted by Gasteiger charge is -2.09. The van der Waals surface area contributed by atoms with Crippen molar-refractivity contribution in [3.63, 3.8) is 0 Å². The van der Waals surface area contributed by atoms with Gasteiger partial charge in [-0.1, -0.05) is 101 Å². The molecule has 0 saturated heterocycles. The van der Waals surface area contributed by atoms with Crippen molar-refractivity contribution in [3.8, 4) is 0 Å². The van der Waals surface area contributed by atoms with Crippen LogP contribution in [0.3, 0.4) is 0 Å². The van der Waals surface area contributed by atoms with Crippen LogP contribution in [0.25, 0.3) is 11.1 Å². The van der Waals surface area contributed by atoms with E-state index in [0.717, 1.165) is 12.8 Å². The predicted molar refractivity (Wildman–Crippen MR) is 135 cm³/mol. The number of benzene rings is 2. The van der Waals surface area contributed by atoms with Crippen molar-refractivity contribution in [1.29, 1.82) is 0 Å². The quantitative estimate of drug-likeness (QED) is 0.415. The van der Waals surface area contributed by atoms with Crippen molar-refractivity contribution in [2.24, 2.45) is 0 Å². The van der Waals surface area contributed by atoms with E-state index in [0.29, 0.717) is 0 Å². The summed E-state index contributed by atoms with van der Waals surface area (Å²) in [6, 6.07) is 15.5. The Morgan fingerprint density at radius 3 is 2.03 bits per heavy atom. The summed E-state index contributed by atoms with van der Waals surface area (Å²) in [5.41, 5.74) is 10.2. The fourth-order valence-electron chi connectivity index (χ4n) is 3.03. The molecule has 0 fully saturated rings. The van der Waals surface area contributed by atoms with Gasteiger partial charge in [0.2, 0.25) is 0 Å². The lowest BCUT2D eigenvalue weighted by atomic mass is 9.96. The van der Waals surface area contributed by atoms with E-state index in [4.69, 9.17) is 0 Å². The SMILES string of the molecule is C.C=C/C=C(C)\C=C(/C)c1ccc(C(=C)CCc2ccc(C)c(C)c2)cc1.CC. The summed E-state index contributed by atoms with van der Waals surface area (Å²) < 4.78 is 0. The van der Waals surface area contributed by atoms with Crippen LogP contribution in [0.1, 0.15) is 69.4 Å². The summed E-state index contributed by atoms with van der Waals surface area (Å²) >= 11 is 0. The lowest BCUT2D eigenvalue weighted by Crippen LogP contribution is -1.91. The molecule has 0 saturated carbocycles. The van der Waals surface area contributed by atoms with Gasteiger partial charge in [0.25, 0.3) is 0 Å². The van der Waals surface area contributed by atoms with Crippen molar-refractivity contribution in [1.82, 2.24) is 0 Å². The normalized spacial score (nSPS) is 11.1. The van der Waals surface area contributed by atoms with Crippen molar-refractivity contribution >= 4 is 11.1 Å². The number of rotatable bonds is 7. The summed E-state index contributed by atoms with van der Waals surface area (Å²) in [5, 5.41) is 0. The zero-order valence-electron chi connectivity index (χ0n) is 18.6. The van der Waals surface area contributed by atoms with E-state index in [-0.39, 0.29) is 7.43 Å². The maximum Gasteiger partial charge on any atom is -0.0227 e. The van der Waals surface area contributed by atoms with E-state index in [1.54, 1.807) is 0 Å². The second-order valence-electron chi connectivity index (χ2n) is 7.07. The Hall–Kier alpha value is -2.60. The van der Waals surface area contributed by atoms with Crippen LogP contribution in [-0.4, -0.2) is 0 Å². The average Bonchev–Trinajstić information content (AvgIpc) is 2.70. The first kappa shape index (κ1) is 26.4. The minimum Gasteiger partial charge on any atom is -0.0991 e. The smallest absolute Gasteiger partial charge is 0.0227 e. The summed E-state index contributed by atoms with van der Waals surface area (Å²) in [7, 11) is 0. The van der Waals surface area contributed by atoms with Crippen molar-refractivity contribution in [2.45, 2.75) is 61.8 Å². The van der Waals surface area contributed by atoms with Gasteiger partial charge in [-0.3, -0.25) is 0 Å². The molecule has 0 aliphatic heterocycles. The lowest BCUT2D eigenvalue weighted by molar-refractivity contribution is 1.01. The van der Waals surface area contributed by atoms with Gasteiger partial charge in [-0.2, -0.15) is 0 Å². The molecule has 29 heavy (non-hydrogen) atoms. The molecule has 2 rings (SSSR count). The minimum atomic E-state index is 0. The second kappa shape index (κ2) is 13.6. The highest BCUT2D eigenvalue weighted by molar-refractivity contribution is 5.70. The van der Waals surface area contributed by atoms with Crippen molar-refractivity contribution in [3.05, 3.63) is 107 Å². The molecule has 0 atom stereocenters.